The predicted octanol–water partition coefficient (Wildman–Crippen LogP) is 2.63. The third kappa shape index (κ3) is 4.37. The summed E-state index contributed by atoms with van der Waals surface area (Å²) < 4.78 is 10.5. The van der Waals surface area contributed by atoms with Crippen molar-refractivity contribution in [1.82, 2.24) is 10.1 Å². The van der Waals surface area contributed by atoms with Gasteiger partial charge < -0.3 is 19.5 Å². The third-order valence-electron chi connectivity index (χ3n) is 4.01. The number of amides is 2. The molecule has 0 radical (unpaired) electrons. The van der Waals surface area contributed by atoms with Gasteiger partial charge in [0.05, 0.1) is 5.56 Å². The molecule has 2 aromatic rings. The highest BCUT2D eigenvalue weighted by Gasteiger charge is 2.21. The van der Waals surface area contributed by atoms with E-state index >= 15 is 0 Å². The molecule has 0 unspecified atom stereocenters. The quantitative estimate of drug-likeness (QED) is 0.902. The van der Waals surface area contributed by atoms with Crippen molar-refractivity contribution in [2.45, 2.75) is 26.2 Å². The van der Waals surface area contributed by atoms with Crippen LogP contribution in [0.2, 0.25) is 0 Å². The van der Waals surface area contributed by atoms with E-state index in [4.69, 9.17) is 9.26 Å². The number of hydrogen-bond acceptors (Lipinski definition) is 5. The molecule has 0 saturated carbocycles. The zero-order valence-electron chi connectivity index (χ0n) is 14.2. The first-order chi connectivity index (χ1) is 12.1. The summed E-state index contributed by atoms with van der Waals surface area (Å²) in [6.07, 6.45) is 3.20. The van der Waals surface area contributed by atoms with Gasteiger partial charge in [-0.25, -0.2) is 0 Å². The Hall–Kier alpha value is -2.83. The Morgan fingerprint density at radius 2 is 2.00 bits per heavy atom. The van der Waals surface area contributed by atoms with E-state index in [0.29, 0.717) is 22.9 Å². The van der Waals surface area contributed by atoms with Crippen LogP contribution in [-0.4, -0.2) is 41.6 Å². The van der Waals surface area contributed by atoms with Crippen LogP contribution >= 0.6 is 0 Å². The van der Waals surface area contributed by atoms with Gasteiger partial charge in [-0.05, 0) is 38.3 Å². The molecule has 25 heavy (non-hydrogen) atoms. The van der Waals surface area contributed by atoms with Gasteiger partial charge in [-0.1, -0.05) is 17.3 Å². The Labute approximate surface area is 145 Å². The highest BCUT2D eigenvalue weighted by molar-refractivity contribution is 5.97. The topological polar surface area (TPSA) is 84.7 Å². The maximum atomic E-state index is 12.7. The molecule has 2 amide bonds. The molecule has 1 saturated heterocycles. The average molecular weight is 343 g/mol. The van der Waals surface area contributed by atoms with Crippen LogP contribution in [0.3, 0.4) is 0 Å². The summed E-state index contributed by atoms with van der Waals surface area (Å²) in [5, 5.41) is 6.28. The fourth-order valence-corrected chi connectivity index (χ4v) is 2.78. The number of carbonyl (C=O) groups is 2. The number of benzene rings is 1. The highest BCUT2D eigenvalue weighted by atomic mass is 16.5. The summed E-state index contributed by atoms with van der Waals surface area (Å²) >= 11 is 0. The van der Waals surface area contributed by atoms with Gasteiger partial charge in [-0.15, -0.1) is 0 Å². The summed E-state index contributed by atoms with van der Waals surface area (Å²) in [4.78, 5) is 26.5. The van der Waals surface area contributed by atoms with Crippen LogP contribution in [0, 0.1) is 6.92 Å². The van der Waals surface area contributed by atoms with Crippen molar-refractivity contribution >= 4 is 17.6 Å². The van der Waals surface area contributed by atoms with Gasteiger partial charge in [0.1, 0.15) is 11.5 Å². The molecule has 132 valence electrons. The zero-order valence-corrected chi connectivity index (χ0v) is 14.2. The number of nitrogens with one attached hydrogen (secondary N) is 1. The second-order valence-corrected chi connectivity index (χ2v) is 6.01. The van der Waals surface area contributed by atoms with E-state index in [1.807, 2.05) is 4.90 Å². The number of likely N-dealkylation sites (tertiary alicyclic amines) is 1. The molecule has 1 N–H and O–H groups in total. The number of rotatable bonds is 5. The van der Waals surface area contributed by atoms with Gasteiger partial charge in [-0.2, -0.15) is 0 Å². The van der Waals surface area contributed by atoms with Crippen LogP contribution in [0.5, 0.6) is 5.75 Å². The summed E-state index contributed by atoms with van der Waals surface area (Å²) in [7, 11) is 0. The van der Waals surface area contributed by atoms with Crippen molar-refractivity contribution in [1.29, 1.82) is 0 Å². The normalized spacial score (nSPS) is 14.2. The van der Waals surface area contributed by atoms with Gasteiger partial charge in [0, 0.05) is 19.2 Å². The van der Waals surface area contributed by atoms with Crippen molar-refractivity contribution in [3.8, 4) is 5.75 Å². The monoisotopic (exact) mass is 343 g/mol. The summed E-state index contributed by atoms with van der Waals surface area (Å²) in [6.45, 7) is 3.05. The lowest BCUT2D eigenvalue weighted by atomic mass is 10.1. The molecule has 3 rings (SSSR count). The fourth-order valence-electron chi connectivity index (χ4n) is 2.78. The molecular weight excluding hydrogens is 322 g/mol. The molecule has 7 heteroatoms. The third-order valence-corrected chi connectivity index (χ3v) is 4.01. The van der Waals surface area contributed by atoms with Gasteiger partial charge in [0.25, 0.3) is 11.8 Å². The Morgan fingerprint density at radius 1 is 1.24 bits per heavy atom. The molecule has 0 aliphatic carbocycles. The zero-order chi connectivity index (χ0) is 17.6. The van der Waals surface area contributed by atoms with E-state index < -0.39 is 0 Å². The van der Waals surface area contributed by atoms with Crippen LogP contribution < -0.4 is 10.1 Å². The number of aryl methyl sites for hydroxylation is 1. The van der Waals surface area contributed by atoms with Crippen molar-refractivity contribution in [2.24, 2.45) is 0 Å². The Morgan fingerprint density at radius 3 is 2.72 bits per heavy atom. The SMILES string of the molecule is Cc1cc(NC(=O)COc2ccccc2C(=O)N2CCCCC2)no1. The highest BCUT2D eigenvalue weighted by Crippen LogP contribution is 2.22. The summed E-state index contributed by atoms with van der Waals surface area (Å²) in [6, 6.07) is 8.62. The maximum absolute atomic E-state index is 12.7. The fraction of sp³-hybridized carbons (Fsp3) is 0.389. The minimum atomic E-state index is -0.367. The minimum absolute atomic E-state index is 0.0529. The number of carbonyl (C=O) groups excluding carboxylic acids is 2. The second-order valence-electron chi connectivity index (χ2n) is 6.01. The largest absolute Gasteiger partial charge is 0.483 e. The van der Waals surface area contributed by atoms with Crippen LogP contribution in [-0.2, 0) is 4.79 Å². The number of para-hydroxylation sites is 1. The number of piperidine rings is 1. The first-order valence-electron chi connectivity index (χ1n) is 8.38. The van der Waals surface area contributed by atoms with E-state index in [1.54, 1.807) is 37.3 Å². The summed E-state index contributed by atoms with van der Waals surface area (Å²) in [5.41, 5.74) is 0.481. The molecule has 0 bridgehead atoms. The van der Waals surface area contributed by atoms with E-state index in [-0.39, 0.29) is 18.4 Å². The molecule has 7 nitrogen and oxygen atoms in total. The molecule has 1 fully saturated rings. The van der Waals surface area contributed by atoms with Gasteiger partial charge in [-0.3, -0.25) is 9.59 Å². The van der Waals surface area contributed by atoms with Crippen molar-refractivity contribution in [3.63, 3.8) is 0 Å². The van der Waals surface area contributed by atoms with Crippen molar-refractivity contribution in [2.75, 3.05) is 25.0 Å². The lowest BCUT2D eigenvalue weighted by Crippen LogP contribution is -2.35. The molecule has 0 atom stereocenters. The van der Waals surface area contributed by atoms with Gasteiger partial charge in [0.15, 0.2) is 12.4 Å². The number of hydrogen-bond donors (Lipinski definition) is 1. The molecule has 2 heterocycles. The Balaban J connectivity index is 1.62. The number of aromatic nitrogens is 1. The van der Waals surface area contributed by atoms with Crippen LogP contribution in [0.25, 0.3) is 0 Å². The van der Waals surface area contributed by atoms with Crippen LogP contribution in [0.1, 0.15) is 35.4 Å². The molecule has 1 aromatic carbocycles. The number of ether oxygens (including phenoxy) is 1. The first kappa shape index (κ1) is 17.0. The van der Waals surface area contributed by atoms with Crippen LogP contribution in [0.15, 0.2) is 34.9 Å². The molecule has 1 aromatic heterocycles. The Kier molecular flexibility index (Phi) is 5.33. The maximum Gasteiger partial charge on any atom is 0.263 e. The lowest BCUT2D eigenvalue weighted by molar-refractivity contribution is -0.118. The number of anilines is 1. The van der Waals surface area contributed by atoms with Crippen molar-refractivity contribution in [3.05, 3.63) is 41.7 Å². The predicted molar refractivity (Wildman–Crippen MR) is 91.6 cm³/mol. The second kappa shape index (κ2) is 7.83. The molecule has 1 aliphatic rings. The van der Waals surface area contributed by atoms with E-state index in [2.05, 4.69) is 10.5 Å². The minimum Gasteiger partial charge on any atom is -0.483 e. The number of nitrogens with zero attached hydrogens (tertiary/aromatic N) is 2. The molecule has 0 spiro atoms. The molecule has 1 aliphatic heterocycles. The standard InChI is InChI=1S/C18H21N3O4/c1-13-11-16(20-25-13)19-17(22)12-24-15-8-4-3-7-14(15)18(23)21-9-5-2-6-10-21/h3-4,7-8,11H,2,5-6,9-10,12H2,1H3,(H,19,20,22). The van der Waals surface area contributed by atoms with E-state index in [9.17, 15) is 9.59 Å². The first-order valence-corrected chi connectivity index (χ1v) is 8.38. The molecular formula is C18H21N3O4. The van der Waals surface area contributed by atoms with Crippen molar-refractivity contribution < 1.29 is 18.8 Å². The van der Waals surface area contributed by atoms with Gasteiger partial charge >= 0.3 is 0 Å². The van der Waals surface area contributed by atoms with Crippen LogP contribution in [0.4, 0.5) is 5.82 Å². The Bertz CT molecular complexity index is 750. The van der Waals surface area contributed by atoms with Gasteiger partial charge in [0.2, 0.25) is 0 Å². The lowest BCUT2D eigenvalue weighted by Gasteiger charge is -2.27. The average Bonchev–Trinajstić information content (AvgIpc) is 3.05. The smallest absolute Gasteiger partial charge is 0.263 e. The van der Waals surface area contributed by atoms with E-state index in [0.717, 1.165) is 32.4 Å². The van der Waals surface area contributed by atoms with E-state index in [1.165, 1.54) is 0 Å². The summed E-state index contributed by atoms with van der Waals surface area (Å²) in [5.74, 6) is 0.929.